The lowest BCUT2D eigenvalue weighted by molar-refractivity contribution is 0.768. The van der Waals surface area contributed by atoms with Gasteiger partial charge in [-0.25, -0.2) is 4.52 Å². The first-order valence-electron chi connectivity index (χ1n) is 6.22. The number of fused-ring (bicyclic) bond motifs is 1. The molecule has 3 rings (SSSR count). The lowest BCUT2D eigenvalue weighted by atomic mass is 10.2. The third kappa shape index (κ3) is 2.26. The highest BCUT2D eigenvalue weighted by Crippen LogP contribution is 2.14. The topological polar surface area (TPSA) is 72.9 Å². The van der Waals surface area contributed by atoms with Gasteiger partial charge in [-0.15, -0.1) is 5.10 Å². The number of aromatic nitrogens is 6. The molecule has 1 N–H and O–H groups in total. The standard InChI is InChI=1S/C12H15N7/c1-3-4-10-11-16-12(17-19(11)6-5-13-10)15-9-7-14-18(2)8-9/h5-8H,3-4H2,1-2H3,(H,15,17). The molecule has 0 spiro atoms. The van der Waals surface area contributed by atoms with Crippen LogP contribution in [-0.2, 0) is 13.5 Å². The van der Waals surface area contributed by atoms with Gasteiger partial charge in [-0.3, -0.25) is 9.67 Å². The fourth-order valence-electron chi connectivity index (χ4n) is 1.95. The largest absolute Gasteiger partial charge is 0.320 e. The lowest BCUT2D eigenvalue weighted by Gasteiger charge is -1.97. The molecule has 19 heavy (non-hydrogen) atoms. The Morgan fingerprint density at radius 3 is 3.00 bits per heavy atom. The molecule has 0 atom stereocenters. The highest BCUT2D eigenvalue weighted by molar-refractivity contribution is 5.55. The van der Waals surface area contributed by atoms with Crippen LogP contribution in [0.3, 0.4) is 0 Å². The molecule has 0 amide bonds. The second kappa shape index (κ2) is 4.68. The number of hydrogen-bond acceptors (Lipinski definition) is 5. The minimum Gasteiger partial charge on any atom is -0.320 e. The zero-order valence-electron chi connectivity index (χ0n) is 10.9. The van der Waals surface area contributed by atoms with Gasteiger partial charge in [0.25, 0.3) is 0 Å². The summed E-state index contributed by atoms with van der Waals surface area (Å²) in [6, 6.07) is 0. The Labute approximate surface area is 110 Å². The molecule has 0 aliphatic heterocycles. The normalized spacial score (nSPS) is 11.1. The molecule has 0 aliphatic carbocycles. The molecule has 7 heteroatoms. The van der Waals surface area contributed by atoms with Crippen molar-refractivity contribution < 1.29 is 0 Å². The fraction of sp³-hybridized carbons (Fsp3) is 0.333. The van der Waals surface area contributed by atoms with Crippen molar-refractivity contribution in [1.82, 2.24) is 29.4 Å². The van der Waals surface area contributed by atoms with Crippen LogP contribution in [0.4, 0.5) is 11.6 Å². The SMILES string of the molecule is CCCc1nccn2nc(Nc3cnn(C)c3)nc12. The van der Waals surface area contributed by atoms with E-state index in [0.29, 0.717) is 5.95 Å². The zero-order chi connectivity index (χ0) is 13.2. The molecule has 0 radical (unpaired) electrons. The van der Waals surface area contributed by atoms with Crippen molar-refractivity contribution >= 4 is 17.3 Å². The highest BCUT2D eigenvalue weighted by atomic mass is 15.4. The van der Waals surface area contributed by atoms with Crippen molar-refractivity contribution in [3.8, 4) is 0 Å². The summed E-state index contributed by atoms with van der Waals surface area (Å²) in [7, 11) is 1.87. The van der Waals surface area contributed by atoms with Gasteiger partial charge in [0, 0.05) is 25.6 Å². The van der Waals surface area contributed by atoms with Gasteiger partial charge in [-0.1, -0.05) is 13.3 Å². The number of nitrogens with zero attached hydrogens (tertiary/aromatic N) is 6. The Kier molecular flexibility index (Phi) is 2.86. The van der Waals surface area contributed by atoms with E-state index in [-0.39, 0.29) is 0 Å². The molecule has 0 aromatic carbocycles. The van der Waals surface area contributed by atoms with Gasteiger partial charge in [0.2, 0.25) is 5.95 Å². The van der Waals surface area contributed by atoms with Crippen LogP contribution in [-0.4, -0.2) is 29.4 Å². The highest BCUT2D eigenvalue weighted by Gasteiger charge is 2.09. The summed E-state index contributed by atoms with van der Waals surface area (Å²) >= 11 is 0. The van der Waals surface area contributed by atoms with Crippen LogP contribution < -0.4 is 5.32 Å². The molecule has 0 saturated heterocycles. The molecule has 3 heterocycles. The second-order valence-electron chi connectivity index (χ2n) is 4.36. The summed E-state index contributed by atoms with van der Waals surface area (Å²) in [6.07, 6.45) is 9.09. The average Bonchev–Trinajstić information content (AvgIpc) is 2.97. The summed E-state index contributed by atoms with van der Waals surface area (Å²) in [5.74, 6) is 0.554. The predicted molar refractivity (Wildman–Crippen MR) is 71.3 cm³/mol. The summed E-state index contributed by atoms with van der Waals surface area (Å²) in [5.41, 5.74) is 2.64. The third-order valence-electron chi connectivity index (χ3n) is 2.78. The second-order valence-corrected chi connectivity index (χ2v) is 4.36. The van der Waals surface area contributed by atoms with Crippen molar-refractivity contribution in [2.45, 2.75) is 19.8 Å². The zero-order valence-corrected chi connectivity index (χ0v) is 10.9. The average molecular weight is 257 g/mol. The Morgan fingerprint density at radius 2 is 2.26 bits per heavy atom. The van der Waals surface area contributed by atoms with E-state index in [1.807, 2.05) is 13.2 Å². The number of aryl methyl sites for hydroxylation is 2. The van der Waals surface area contributed by atoms with Crippen molar-refractivity contribution in [2.24, 2.45) is 7.05 Å². The van der Waals surface area contributed by atoms with E-state index in [4.69, 9.17) is 0 Å². The Morgan fingerprint density at radius 1 is 1.37 bits per heavy atom. The molecule has 3 aromatic rings. The molecule has 0 unspecified atom stereocenters. The van der Waals surface area contributed by atoms with E-state index in [1.54, 1.807) is 27.8 Å². The Hall–Kier alpha value is -2.44. The van der Waals surface area contributed by atoms with Crippen LogP contribution in [0, 0.1) is 0 Å². The van der Waals surface area contributed by atoms with Crippen LogP contribution in [0.25, 0.3) is 5.65 Å². The first kappa shape index (κ1) is 11.6. The van der Waals surface area contributed by atoms with Crippen molar-refractivity contribution in [3.63, 3.8) is 0 Å². The van der Waals surface area contributed by atoms with E-state index in [1.165, 1.54) is 0 Å². The molecule has 7 nitrogen and oxygen atoms in total. The number of hydrogen-bond donors (Lipinski definition) is 1. The van der Waals surface area contributed by atoms with E-state index >= 15 is 0 Å². The summed E-state index contributed by atoms with van der Waals surface area (Å²) in [6.45, 7) is 2.12. The maximum absolute atomic E-state index is 4.48. The molecule has 0 aliphatic rings. The smallest absolute Gasteiger partial charge is 0.247 e. The van der Waals surface area contributed by atoms with Crippen molar-refractivity contribution in [1.29, 1.82) is 0 Å². The summed E-state index contributed by atoms with van der Waals surface area (Å²) in [5, 5.41) is 11.6. The van der Waals surface area contributed by atoms with Crippen molar-refractivity contribution in [2.75, 3.05) is 5.32 Å². The first-order chi connectivity index (χ1) is 9.26. The van der Waals surface area contributed by atoms with Gasteiger partial charge in [0.15, 0.2) is 5.65 Å². The number of rotatable bonds is 4. The van der Waals surface area contributed by atoms with Gasteiger partial charge >= 0.3 is 0 Å². The predicted octanol–water partition coefficient (Wildman–Crippen LogP) is 1.55. The maximum Gasteiger partial charge on any atom is 0.247 e. The van der Waals surface area contributed by atoms with Gasteiger partial charge in [0.05, 0.1) is 17.6 Å². The van der Waals surface area contributed by atoms with Gasteiger partial charge < -0.3 is 5.32 Å². The van der Waals surface area contributed by atoms with Gasteiger partial charge in [0.1, 0.15) is 0 Å². The van der Waals surface area contributed by atoms with Crippen LogP contribution in [0.15, 0.2) is 24.8 Å². The molecular formula is C12H15N7. The molecule has 98 valence electrons. The molecule has 0 fully saturated rings. The van der Waals surface area contributed by atoms with Gasteiger partial charge in [-0.05, 0) is 6.42 Å². The minimum atomic E-state index is 0.554. The number of anilines is 2. The molecule has 3 aromatic heterocycles. The summed E-state index contributed by atoms with van der Waals surface area (Å²) in [4.78, 5) is 8.83. The van der Waals surface area contributed by atoms with Crippen molar-refractivity contribution in [3.05, 3.63) is 30.5 Å². The van der Waals surface area contributed by atoms with E-state index < -0.39 is 0 Å². The third-order valence-corrected chi connectivity index (χ3v) is 2.78. The first-order valence-corrected chi connectivity index (χ1v) is 6.22. The minimum absolute atomic E-state index is 0.554. The van der Waals surface area contributed by atoms with Crippen LogP contribution in [0.1, 0.15) is 19.0 Å². The van der Waals surface area contributed by atoms with E-state index in [0.717, 1.165) is 29.9 Å². The Balaban J connectivity index is 1.95. The van der Waals surface area contributed by atoms with E-state index in [9.17, 15) is 0 Å². The molecule has 0 bridgehead atoms. The fourth-order valence-corrected chi connectivity index (χ4v) is 1.95. The van der Waals surface area contributed by atoms with Gasteiger partial charge in [-0.2, -0.15) is 10.1 Å². The van der Waals surface area contributed by atoms with Crippen LogP contribution >= 0.6 is 0 Å². The van der Waals surface area contributed by atoms with Crippen LogP contribution in [0.2, 0.25) is 0 Å². The quantitative estimate of drug-likeness (QED) is 0.767. The number of nitrogens with one attached hydrogen (secondary N) is 1. The monoisotopic (exact) mass is 257 g/mol. The van der Waals surface area contributed by atoms with Crippen LogP contribution in [0.5, 0.6) is 0 Å². The van der Waals surface area contributed by atoms with E-state index in [2.05, 4.69) is 32.4 Å². The molecule has 0 saturated carbocycles. The lowest BCUT2D eigenvalue weighted by Crippen LogP contribution is -1.96. The maximum atomic E-state index is 4.48. The Bertz CT molecular complexity index is 697. The molecular weight excluding hydrogens is 242 g/mol. The summed E-state index contributed by atoms with van der Waals surface area (Å²) < 4.78 is 3.47.